The molecule has 184 valence electrons. The zero-order valence-electron chi connectivity index (χ0n) is 20.2. The lowest BCUT2D eigenvalue weighted by Crippen LogP contribution is -2.59. The zero-order chi connectivity index (χ0) is 24.8. The van der Waals surface area contributed by atoms with Crippen molar-refractivity contribution in [3.8, 4) is 28.1 Å². The van der Waals surface area contributed by atoms with Crippen LogP contribution in [0.5, 0.6) is 5.75 Å². The Kier molecular flexibility index (Phi) is 8.09. The summed E-state index contributed by atoms with van der Waals surface area (Å²) in [5.74, 6) is 0.228. The Balaban J connectivity index is 1.43. The number of benzene rings is 2. The van der Waals surface area contributed by atoms with E-state index in [-0.39, 0.29) is 24.1 Å². The molecule has 0 bridgehead atoms. The van der Waals surface area contributed by atoms with Crippen molar-refractivity contribution in [2.45, 2.75) is 37.6 Å². The predicted octanol–water partition coefficient (Wildman–Crippen LogP) is 4.26. The first-order chi connectivity index (χ1) is 17.0. The standard InChI is InChI=1S/C27H30N2O6/c1-17-24(31-2)25(32-3)26(33-4)27(34-17)35-29-16-18-5-7-19(8-6-18)21-13-14-28-23(15-21)20-9-11-22(30)12-10-20/h5-17,24-27,30H,1-4H3/b29-16+/t17-,24-,25+,26+,27-/m0/s1. The molecule has 2 heterocycles. The molecule has 35 heavy (non-hydrogen) atoms. The molecule has 4 rings (SSSR count). The normalized spacial score (nSPS) is 24.5. The van der Waals surface area contributed by atoms with Crippen molar-refractivity contribution in [2.75, 3.05) is 21.3 Å². The number of pyridine rings is 1. The van der Waals surface area contributed by atoms with Crippen LogP contribution in [-0.4, -0.2) is 68.3 Å². The van der Waals surface area contributed by atoms with Gasteiger partial charge in [-0.2, -0.15) is 0 Å². The highest BCUT2D eigenvalue weighted by atomic mass is 16.8. The van der Waals surface area contributed by atoms with E-state index < -0.39 is 12.4 Å². The Morgan fingerprint density at radius 3 is 2.14 bits per heavy atom. The Morgan fingerprint density at radius 1 is 0.829 bits per heavy atom. The predicted molar refractivity (Wildman–Crippen MR) is 132 cm³/mol. The van der Waals surface area contributed by atoms with Gasteiger partial charge in [0.2, 0.25) is 0 Å². The molecular weight excluding hydrogens is 448 g/mol. The summed E-state index contributed by atoms with van der Waals surface area (Å²) in [6, 6.07) is 18.9. The third-order valence-corrected chi connectivity index (χ3v) is 6.08. The summed E-state index contributed by atoms with van der Waals surface area (Å²) in [6.45, 7) is 1.90. The monoisotopic (exact) mass is 478 g/mol. The molecule has 3 aromatic rings. The fourth-order valence-electron chi connectivity index (χ4n) is 4.21. The van der Waals surface area contributed by atoms with E-state index in [1.165, 1.54) is 0 Å². The van der Waals surface area contributed by atoms with Crippen LogP contribution in [0.25, 0.3) is 22.4 Å². The summed E-state index contributed by atoms with van der Waals surface area (Å²) in [6.07, 6.45) is 1.32. The molecule has 2 aromatic carbocycles. The van der Waals surface area contributed by atoms with Crippen molar-refractivity contribution in [1.29, 1.82) is 0 Å². The number of nitrogens with zero attached hydrogens (tertiary/aromatic N) is 2. The summed E-state index contributed by atoms with van der Waals surface area (Å²) in [5.41, 5.74) is 4.72. The fourth-order valence-corrected chi connectivity index (χ4v) is 4.21. The van der Waals surface area contributed by atoms with Gasteiger partial charge in [0.15, 0.2) is 6.10 Å². The van der Waals surface area contributed by atoms with Crippen molar-refractivity contribution < 1.29 is 28.9 Å². The van der Waals surface area contributed by atoms with E-state index in [0.29, 0.717) is 0 Å². The van der Waals surface area contributed by atoms with Crippen molar-refractivity contribution in [3.05, 3.63) is 72.4 Å². The van der Waals surface area contributed by atoms with Crippen molar-refractivity contribution in [2.24, 2.45) is 5.16 Å². The van der Waals surface area contributed by atoms with E-state index in [0.717, 1.165) is 27.9 Å². The number of ether oxygens (including phenoxy) is 4. The molecular formula is C27H30N2O6. The highest BCUT2D eigenvalue weighted by Crippen LogP contribution is 2.28. The van der Waals surface area contributed by atoms with E-state index in [9.17, 15) is 5.11 Å². The summed E-state index contributed by atoms with van der Waals surface area (Å²) in [4.78, 5) is 10.1. The van der Waals surface area contributed by atoms with Gasteiger partial charge in [0.25, 0.3) is 6.29 Å². The number of hydrogen-bond acceptors (Lipinski definition) is 8. The van der Waals surface area contributed by atoms with Crippen LogP contribution in [0.15, 0.2) is 72.0 Å². The number of hydrogen-bond donors (Lipinski definition) is 1. The number of aromatic nitrogens is 1. The van der Waals surface area contributed by atoms with Crippen molar-refractivity contribution >= 4 is 6.21 Å². The maximum atomic E-state index is 9.52. The van der Waals surface area contributed by atoms with Gasteiger partial charge in [0.1, 0.15) is 18.0 Å². The van der Waals surface area contributed by atoms with Crippen molar-refractivity contribution in [1.82, 2.24) is 4.98 Å². The number of aromatic hydroxyl groups is 1. The third-order valence-electron chi connectivity index (χ3n) is 6.08. The maximum Gasteiger partial charge on any atom is 0.256 e. The van der Waals surface area contributed by atoms with Gasteiger partial charge < -0.3 is 28.9 Å². The molecule has 0 aliphatic carbocycles. The first-order valence-corrected chi connectivity index (χ1v) is 11.3. The van der Waals surface area contributed by atoms with Gasteiger partial charge in [-0.05, 0) is 60.0 Å². The minimum absolute atomic E-state index is 0.228. The number of oxime groups is 1. The second-order valence-electron chi connectivity index (χ2n) is 8.25. The van der Waals surface area contributed by atoms with Gasteiger partial charge in [-0.25, -0.2) is 0 Å². The minimum atomic E-state index is -0.725. The molecule has 0 saturated carbocycles. The minimum Gasteiger partial charge on any atom is -0.508 e. The first-order valence-electron chi connectivity index (χ1n) is 11.3. The van der Waals surface area contributed by atoms with Crippen LogP contribution >= 0.6 is 0 Å². The van der Waals surface area contributed by atoms with E-state index in [1.807, 2.05) is 55.5 Å². The number of phenolic OH excluding ortho intramolecular Hbond substituents is 1. The molecule has 0 amide bonds. The molecule has 5 atom stereocenters. The smallest absolute Gasteiger partial charge is 0.256 e. The van der Waals surface area contributed by atoms with Crippen LogP contribution in [0.2, 0.25) is 0 Å². The number of methoxy groups -OCH3 is 3. The lowest BCUT2D eigenvalue weighted by atomic mass is 9.99. The number of rotatable bonds is 8. The van der Waals surface area contributed by atoms with Gasteiger partial charge in [0, 0.05) is 33.1 Å². The zero-order valence-corrected chi connectivity index (χ0v) is 20.2. The van der Waals surface area contributed by atoms with E-state index in [1.54, 1.807) is 45.9 Å². The van der Waals surface area contributed by atoms with Crippen LogP contribution in [0.1, 0.15) is 12.5 Å². The lowest BCUT2D eigenvalue weighted by Gasteiger charge is -2.42. The summed E-state index contributed by atoms with van der Waals surface area (Å²) >= 11 is 0. The average molecular weight is 479 g/mol. The second kappa shape index (κ2) is 11.4. The molecule has 1 aromatic heterocycles. The Morgan fingerprint density at radius 2 is 1.49 bits per heavy atom. The van der Waals surface area contributed by atoms with Crippen LogP contribution in [0.4, 0.5) is 0 Å². The molecule has 0 radical (unpaired) electrons. The molecule has 8 heteroatoms. The topological polar surface area (TPSA) is 91.6 Å². The van der Waals surface area contributed by atoms with Gasteiger partial charge in [-0.3, -0.25) is 4.98 Å². The summed E-state index contributed by atoms with van der Waals surface area (Å²) in [7, 11) is 4.80. The Bertz CT molecular complexity index is 1120. The lowest BCUT2D eigenvalue weighted by molar-refractivity contribution is -0.305. The number of phenols is 1. The van der Waals surface area contributed by atoms with Crippen LogP contribution in [0.3, 0.4) is 0 Å². The molecule has 1 aliphatic heterocycles. The highest BCUT2D eigenvalue weighted by molar-refractivity contribution is 5.81. The Labute approximate surface area is 205 Å². The SMILES string of the molecule is CO[C@@H]1[C@@H](OC)[C@H](C)O[C@@H](O/N=C/c2ccc(-c3ccnc(-c4ccc(O)cc4)c3)cc2)[C@@H]1OC. The van der Waals surface area contributed by atoms with E-state index in [4.69, 9.17) is 23.8 Å². The van der Waals surface area contributed by atoms with Crippen LogP contribution < -0.4 is 0 Å². The molecule has 1 fully saturated rings. The Hall–Kier alpha value is -3.30. The molecule has 0 unspecified atom stereocenters. The molecule has 0 spiro atoms. The van der Waals surface area contributed by atoms with Gasteiger partial charge in [-0.1, -0.05) is 29.4 Å². The van der Waals surface area contributed by atoms with Gasteiger partial charge in [0.05, 0.1) is 18.0 Å². The average Bonchev–Trinajstić information content (AvgIpc) is 2.89. The van der Waals surface area contributed by atoms with Gasteiger partial charge >= 0.3 is 0 Å². The quantitative estimate of drug-likeness (QED) is 0.382. The van der Waals surface area contributed by atoms with Crippen molar-refractivity contribution in [3.63, 3.8) is 0 Å². The van der Waals surface area contributed by atoms with E-state index >= 15 is 0 Å². The summed E-state index contributed by atoms with van der Waals surface area (Å²) in [5, 5.41) is 13.6. The molecule has 1 N–H and O–H groups in total. The molecule has 1 saturated heterocycles. The van der Waals surface area contributed by atoms with Gasteiger partial charge in [-0.15, -0.1) is 0 Å². The van der Waals surface area contributed by atoms with E-state index in [2.05, 4.69) is 10.1 Å². The van der Waals surface area contributed by atoms with Crippen LogP contribution in [-0.2, 0) is 23.8 Å². The maximum absolute atomic E-state index is 9.52. The fraction of sp³-hybridized carbons (Fsp3) is 0.333. The first kappa shape index (κ1) is 24.8. The summed E-state index contributed by atoms with van der Waals surface area (Å²) < 4.78 is 22.6. The third kappa shape index (κ3) is 5.68. The van der Waals surface area contributed by atoms with Crippen LogP contribution in [0, 0.1) is 0 Å². The highest BCUT2D eigenvalue weighted by Gasteiger charge is 2.46. The largest absolute Gasteiger partial charge is 0.508 e. The second-order valence-corrected chi connectivity index (χ2v) is 8.25. The molecule has 1 aliphatic rings. The molecule has 8 nitrogen and oxygen atoms in total.